The topological polar surface area (TPSA) is 61.8 Å². The third-order valence-electron chi connectivity index (χ3n) is 2.87. The lowest BCUT2D eigenvalue weighted by Crippen LogP contribution is -2.05. The molecule has 2 aromatic rings. The highest BCUT2D eigenvalue weighted by atomic mass is 16.5. The molecule has 0 heterocycles. The number of fused-ring (bicyclic) bond motifs is 1. The minimum absolute atomic E-state index is 0.366. The molecule has 0 aliphatic carbocycles. The molecule has 2 aromatic carbocycles. The van der Waals surface area contributed by atoms with Crippen LogP contribution in [0.25, 0.3) is 10.8 Å². The number of hydrogen-bond acceptors (Lipinski definition) is 5. The molecule has 2 rings (SSSR count). The van der Waals surface area contributed by atoms with Crippen molar-refractivity contribution < 1.29 is 23.8 Å². The van der Waals surface area contributed by atoms with Crippen LogP contribution in [0, 0.1) is 6.92 Å². The van der Waals surface area contributed by atoms with Gasteiger partial charge in [0, 0.05) is 19.2 Å². The van der Waals surface area contributed by atoms with Gasteiger partial charge in [0.25, 0.3) is 0 Å². The van der Waals surface area contributed by atoms with Gasteiger partial charge in [-0.15, -0.1) is 0 Å². The number of rotatable bonds is 3. The summed E-state index contributed by atoms with van der Waals surface area (Å²) in [6.45, 7) is 4.56. The van der Waals surface area contributed by atoms with E-state index in [4.69, 9.17) is 14.2 Å². The highest BCUT2D eigenvalue weighted by Gasteiger charge is 2.16. The predicted molar refractivity (Wildman–Crippen MR) is 77.9 cm³/mol. The van der Waals surface area contributed by atoms with E-state index in [2.05, 4.69) is 0 Å². The Balaban J connectivity index is 2.78. The van der Waals surface area contributed by atoms with Crippen LogP contribution in [0.3, 0.4) is 0 Å². The SMILES string of the molecule is COc1cc(C)cc2c(OC(C)=O)ccc(OC(C)=O)c12. The van der Waals surface area contributed by atoms with Crippen molar-refractivity contribution in [2.24, 2.45) is 0 Å². The lowest BCUT2D eigenvalue weighted by Gasteiger charge is -2.14. The maximum absolute atomic E-state index is 11.2. The zero-order valence-corrected chi connectivity index (χ0v) is 12.4. The van der Waals surface area contributed by atoms with Gasteiger partial charge >= 0.3 is 11.9 Å². The molecule has 0 unspecified atom stereocenters. The first-order valence-electron chi connectivity index (χ1n) is 6.40. The monoisotopic (exact) mass is 288 g/mol. The Hall–Kier alpha value is -2.56. The van der Waals surface area contributed by atoms with Gasteiger partial charge in [0.2, 0.25) is 0 Å². The third-order valence-corrected chi connectivity index (χ3v) is 2.87. The molecule has 0 saturated heterocycles. The molecule has 0 aromatic heterocycles. The molecule has 110 valence electrons. The molecule has 0 radical (unpaired) electrons. The molecule has 5 heteroatoms. The summed E-state index contributed by atoms with van der Waals surface area (Å²) in [5.41, 5.74) is 0.938. The Kier molecular flexibility index (Phi) is 4.12. The molecule has 5 nitrogen and oxygen atoms in total. The van der Waals surface area contributed by atoms with Crippen LogP contribution in [0.2, 0.25) is 0 Å². The standard InChI is InChI=1S/C16H16O5/c1-9-7-12-13(20-10(2)17)5-6-14(21-11(3)18)16(12)15(8-9)19-4/h5-8H,1-4H3. The highest BCUT2D eigenvalue weighted by Crippen LogP contribution is 2.40. The molecule has 0 fully saturated rings. The van der Waals surface area contributed by atoms with E-state index in [0.29, 0.717) is 28.0 Å². The predicted octanol–water partition coefficient (Wildman–Crippen LogP) is 3.01. The van der Waals surface area contributed by atoms with Gasteiger partial charge in [-0.25, -0.2) is 0 Å². The second kappa shape index (κ2) is 5.83. The summed E-state index contributed by atoms with van der Waals surface area (Å²) in [6.07, 6.45) is 0. The molecular weight excluding hydrogens is 272 g/mol. The van der Waals surface area contributed by atoms with Gasteiger partial charge in [0.1, 0.15) is 17.2 Å². The summed E-state index contributed by atoms with van der Waals surface area (Å²) in [4.78, 5) is 22.5. The summed E-state index contributed by atoms with van der Waals surface area (Å²) >= 11 is 0. The Morgan fingerprint density at radius 2 is 1.48 bits per heavy atom. The van der Waals surface area contributed by atoms with E-state index in [1.165, 1.54) is 21.0 Å². The number of aryl methyl sites for hydroxylation is 1. The summed E-state index contributed by atoms with van der Waals surface area (Å²) < 4.78 is 15.8. The minimum Gasteiger partial charge on any atom is -0.496 e. The van der Waals surface area contributed by atoms with Crippen LogP contribution in [-0.4, -0.2) is 19.0 Å². The van der Waals surface area contributed by atoms with Crippen LogP contribution >= 0.6 is 0 Å². The van der Waals surface area contributed by atoms with Crippen LogP contribution < -0.4 is 14.2 Å². The Labute approximate surface area is 122 Å². The van der Waals surface area contributed by atoms with Gasteiger partial charge in [-0.3, -0.25) is 9.59 Å². The molecule has 0 aliphatic heterocycles. The average molecular weight is 288 g/mol. The van der Waals surface area contributed by atoms with Crippen molar-refractivity contribution in [3.63, 3.8) is 0 Å². The highest BCUT2D eigenvalue weighted by molar-refractivity contribution is 6.00. The normalized spacial score (nSPS) is 10.3. The largest absolute Gasteiger partial charge is 0.496 e. The van der Waals surface area contributed by atoms with Crippen molar-refractivity contribution in [1.82, 2.24) is 0 Å². The third kappa shape index (κ3) is 3.13. The number of carbonyl (C=O) groups excluding carboxylic acids is 2. The van der Waals surface area contributed by atoms with Gasteiger partial charge in [-0.05, 0) is 36.8 Å². The molecule has 0 amide bonds. The quantitative estimate of drug-likeness (QED) is 0.641. The van der Waals surface area contributed by atoms with E-state index in [-0.39, 0.29) is 0 Å². The second-order valence-electron chi connectivity index (χ2n) is 4.64. The van der Waals surface area contributed by atoms with Crippen molar-refractivity contribution >= 4 is 22.7 Å². The molecule has 0 bridgehead atoms. The second-order valence-corrected chi connectivity index (χ2v) is 4.64. The van der Waals surface area contributed by atoms with Crippen LogP contribution in [0.15, 0.2) is 24.3 Å². The lowest BCUT2D eigenvalue weighted by molar-refractivity contribution is -0.132. The zero-order chi connectivity index (χ0) is 15.6. The average Bonchev–Trinajstić information content (AvgIpc) is 2.39. The van der Waals surface area contributed by atoms with E-state index < -0.39 is 11.9 Å². The fourth-order valence-corrected chi connectivity index (χ4v) is 2.17. The maximum atomic E-state index is 11.2. The molecule has 0 spiro atoms. The van der Waals surface area contributed by atoms with Crippen LogP contribution in [-0.2, 0) is 9.59 Å². The van der Waals surface area contributed by atoms with Crippen LogP contribution in [0.1, 0.15) is 19.4 Å². The van der Waals surface area contributed by atoms with Crippen LogP contribution in [0.5, 0.6) is 17.2 Å². The summed E-state index contributed by atoms with van der Waals surface area (Å²) in [7, 11) is 1.53. The number of benzene rings is 2. The van der Waals surface area contributed by atoms with Crippen molar-refractivity contribution in [3.8, 4) is 17.2 Å². The number of methoxy groups -OCH3 is 1. The van der Waals surface area contributed by atoms with E-state index in [0.717, 1.165) is 5.56 Å². The first kappa shape index (κ1) is 14.8. The van der Waals surface area contributed by atoms with E-state index in [1.54, 1.807) is 12.1 Å². The number of esters is 2. The van der Waals surface area contributed by atoms with Gasteiger partial charge < -0.3 is 14.2 Å². The first-order chi connectivity index (χ1) is 9.92. The molecule has 0 atom stereocenters. The van der Waals surface area contributed by atoms with Gasteiger partial charge in [0.15, 0.2) is 0 Å². The van der Waals surface area contributed by atoms with Crippen molar-refractivity contribution in [2.75, 3.05) is 7.11 Å². The van der Waals surface area contributed by atoms with Gasteiger partial charge in [-0.2, -0.15) is 0 Å². The summed E-state index contributed by atoms with van der Waals surface area (Å²) in [6, 6.07) is 6.86. The van der Waals surface area contributed by atoms with Gasteiger partial charge in [0.05, 0.1) is 12.5 Å². The zero-order valence-electron chi connectivity index (χ0n) is 12.4. The van der Waals surface area contributed by atoms with E-state index in [1.807, 2.05) is 19.1 Å². The Bertz CT molecular complexity index is 718. The van der Waals surface area contributed by atoms with Crippen molar-refractivity contribution in [2.45, 2.75) is 20.8 Å². The molecule has 21 heavy (non-hydrogen) atoms. The van der Waals surface area contributed by atoms with E-state index in [9.17, 15) is 9.59 Å². The van der Waals surface area contributed by atoms with Crippen molar-refractivity contribution in [3.05, 3.63) is 29.8 Å². The fourth-order valence-electron chi connectivity index (χ4n) is 2.17. The number of hydrogen-bond donors (Lipinski definition) is 0. The summed E-state index contributed by atoms with van der Waals surface area (Å²) in [5.74, 6) is 0.465. The molecule has 0 saturated carbocycles. The first-order valence-corrected chi connectivity index (χ1v) is 6.40. The van der Waals surface area contributed by atoms with Gasteiger partial charge in [-0.1, -0.05) is 0 Å². The minimum atomic E-state index is -0.431. The smallest absolute Gasteiger partial charge is 0.308 e. The fraction of sp³-hybridized carbons (Fsp3) is 0.250. The molecular formula is C16H16O5. The number of carbonyl (C=O) groups is 2. The summed E-state index contributed by atoms with van der Waals surface area (Å²) in [5, 5.41) is 1.25. The maximum Gasteiger partial charge on any atom is 0.308 e. The molecule has 0 aliphatic rings. The number of ether oxygens (including phenoxy) is 3. The Morgan fingerprint density at radius 1 is 0.905 bits per heavy atom. The lowest BCUT2D eigenvalue weighted by atomic mass is 10.0. The van der Waals surface area contributed by atoms with Crippen LogP contribution in [0.4, 0.5) is 0 Å². The van der Waals surface area contributed by atoms with Crippen molar-refractivity contribution in [1.29, 1.82) is 0 Å². The molecule has 0 N–H and O–H groups in total. The van der Waals surface area contributed by atoms with E-state index >= 15 is 0 Å². The Morgan fingerprint density at radius 3 is 2.05 bits per heavy atom.